The van der Waals surface area contributed by atoms with Gasteiger partial charge in [-0.2, -0.15) is 0 Å². The molecular formula is C55H54N2O4. The lowest BCUT2D eigenvalue weighted by molar-refractivity contribution is -0.154. The molecule has 0 aliphatic rings. The first-order chi connectivity index (χ1) is 29.8. The highest BCUT2D eigenvalue weighted by Crippen LogP contribution is 2.45. The van der Waals surface area contributed by atoms with Crippen molar-refractivity contribution in [2.24, 2.45) is 0 Å². The Morgan fingerprint density at radius 1 is 0.525 bits per heavy atom. The smallest absolute Gasteiger partial charge is 0.325 e. The molecule has 2 atom stereocenters. The van der Waals surface area contributed by atoms with Crippen LogP contribution >= 0.6 is 0 Å². The van der Waals surface area contributed by atoms with Crippen LogP contribution in [0.1, 0.15) is 52.8 Å². The van der Waals surface area contributed by atoms with Gasteiger partial charge in [0.1, 0.15) is 25.0 Å². The molecule has 0 spiro atoms. The van der Waals surface area contributed by atoms with Crippen LogP contribution in [0.25, 0.3) is 0 Å². The predicted octanol–water partition coefficient (Wildman–Crippen LogP) is 10.3. The fourth-order valence-corrected chi connectivity index (χ4v) is 8.24. The summed E-state index contributed by atoms with van der Waals surface area (Å²) in [5, 5.41) is 3.34. The number of rotatable bonds is 18. The van der Waals surface area contributed by atoms with E-state index in [-0.39, 0.29) is 17.9 Å². The summed E-state index contributed by atoms with van der Waals surface area (Å²) in [4.78, 5) is 32.5. The number of carbonyl (C=O) groups excluding carboxylic acids is 2. The van der Waals surface area contributed by atoms with Gasteiger partial charge in [-0.15, -0.1) is 0 Å². The van der Waals surface area contributed by atoms with E-state index >= 15 is 9.59 Å². The lowest BCUT2D eigenvalue weighted by atomic mass is 9.64. The van der Waals surface area contributed by atoms with Gasteiger partial charge in [0.15, 0.2) is 0 Å². The number of nitrogens with one attached hydrogen (secondary N) is 1. The first-order valence-electron chi connectivity index (χ1n) is 20.9. The third-order valence-corrected chi connectivity index (χ3v) is 11.6. The first-order valence-corrected chi connectivity index (χ1v) is 20.9. The maximum Gasteiger partial charge on any atom is 0.325 e. The topological polar surface area (TPSA) is 67.9 Å². The number of hydrogen-bond donors (Lipinski definition) is 1. The van der Waals surface area contributed by atoms with Crippen molar-refractivity contribution < 1.29 is 19.1 Å². The molecule has 0 radical (unpaired) electrons. The molecule has 6 nitrogen and oxygen atoms in total. The molecule has 2 unspecified atom stereocenters. The zero-order chi connectivity index (χ0) is 42.5. The van der Waals surface area contributed by atoms with E-state index < -0.39 is 23.5 Å². The molecule has 0 aliphatic heterocycles. The Bertz CT molecular complexity index is 2310. The predicted molar refractivity (Wildman–Crippen MR) is 244 cm³/mol. The summed E-state index contributed by atoms with van der Waals surface area (Å²) in [5.74, 6) is 0.0834. The van der Waals surface area contributed by atoms with Crippen molar-refractivity contribution in [3.63, 3.8) is 0 Å². The number of amides is 1. The SMILES string of the molecule is CN(C(Cc1ccc(OCc2ccccc2)cc1)C(=O)NCC(C)(C)c1ccccc1)C(C(=O)OCc1ccccc1)C(c1ccccc1)(c1ccccc1)c1ccccc1. The van der Waals surface area contributed by atoms with Crippen molar-refractivity contribution in [2.45, 2.75) is 56.4 Å². The van der Waals surface area contributed by atoms with Crippen LogP contribution in [0.2, 0.25) is 0 Å². The summed E-state index contributed by atoms with van der Waals surface area (Å²) in [6.45, 7) is 5.16. The number of benzene rings is 7. The van der Waals surface area contributed by atoms with Gasteiger partial charge in [0, 0.05) is 12.0 Å². The van der Waals surface area contributed by atoms with Gasteiger partial charge in [-0.3, -0.25) is 14.5 Å². The van der Waals surface area contributed by atoms with E-state index in [2.05, 4.69) is 67.7 Å². The monoisotopic (exact) mass is 806 g/mol. The first kappa shape index (κ1) is 42.4. The molecule has 0 aromatic heterocycles. The van der Waals surface area contributed by atoms with Crippen molar-refractivity contribution >= 4 is 11.9 Å². The molecule has 308 valence electrons. The fraction of sp³-hybridized carbons (Fsp3) is 0.200. The summed E-state index contributed by atoms with van der Waals surface area (Å²) in [6, 6.07) is 66.4. The van der Waals surface area contributed by atoms with Crippen molar-refractivity contribution in [1.82, 2.24) is 10.2 Å². The molecule has 61 heavy (non-hydrogen) atoms. The third-order valence-electron chi connectivity index (χ3n) is 11.6. The Morgan fingerprint density at radius 3 is 1.39 bits per heavy atom. The molecule has 0 bridgehead atoms. The third kappa shape index (κ3) is 10.2. The van der Waals surface area contributed by atoms with E-state index in [0.29, 0.717) is 19.6 Å². The van der Waals surface area contributed by atoms with Crippen LogP contribution in [-0.2, 0) is 44.8 Å². The Hall–Kier alpha value is -6.76. The standard InChI is InChI=1S/C55H54N2O4/c1-54(2,45-26-14-6-15-27-45)41-56-52(58)50(38-42-34-36-49(37-35-42)60-39-43-22-10-4-11-23-43)57(3)51(53(59)61-40-44-24-12-5-13-25-44)55(46-28-16-7-17-29-46,47-30-18-8-19-31-47)48-32-20-9-21-33-48/h4-37,50-51H,38-41H2,1-3H3,(H,56,58). The summed E-state index contributed by atoms with van der Waals surface area (Å²) in [5.41, 5.74) is 5.17. The highest BCUT2D eigenvalue weighted by Gasteiger charge is 2.52. The van der Waals surface area contributed by atoms with Gasteiger partial charge in [-0.25, -0.2) is 0 Å². The van der Waals surface area contributed by atoms with E-state index in [1.165, 1.54) is 0 Å². The molecule has 0 saturated heterocycles. The molecule has 0 fully saturated rings. The molecule has 0 heterocycles. The Balaban J connectivity index is 1.33. The summed E-state index contributed by atoms with van der Waals surface area (Å²) >= 11 is 0. The molecule has 0 saturated carbocycles. The van der Waals surface area contributed by atoms with Gasteiger partial charge in [-0.1, -0.05) is 208 Å². The number of nitrogens with zero attached hydrogens (tertiary/aromatic N) is 1. The normalized spacial score (nSPS) is 12.6. The molecule has 7 aromatic carbocycles. The second-order valence-electron chi connectivity index (χ2n) is 16.2. The second-order valence-corrected chi connectivity index (χ2v) is 16.2. The van der Waals surface area contributed by atoms with Gasteiger partial charge in [0.2, 0.25) is 5.91 Å². The summed E-state index contributed by atoms with van der Waals surface area (Å²) in [6.07, 6.45) is 0.310. The second kappa shape index (κ2) is 20.0. The molecule has 0 aliphatic carbocycles. The minimum absolute atomic E-state index is 0.0744. The number of carbonyl (C=O) groups is 2. The van der Waals surface area contributed by atoms with E-state index in [4.69, 9.17) is 9.47 Å². The lowest BCUT2D eigenvalue weighted by Gasteiger charge is -2.47. The van der Waals surface area contributed by atoms with Crippen LogP contribution in [0.15, 0.2) is 206 Å². The zero-order valence-electron chi connectivity index (χ0n) is 35.2. The van der Waals surface area contributed by atoms with Crippen molar-refractivity contribution in [3.05, 3.63) is 245 Å². The molecule has 7 rings (SSSR count). The zero-order valence-corrected chi connectivity index (χ0v) is 35.2. The quantitative estimate of drug-likeness (QED) is 0.0691. The van der Waals surface area contributed by atoms with E-state index in [1.54, 1.807) is 0 Å². The van der Waals surface area contributed by atoms with Crippen LogP contribution in [0.5, 0.6) is 5.75 Å². The van der Waals surface area contributed by atoms with Gasteiger partial charge in [0.05, 0.1) is 11.5 Å². The number of likely N-dealkylation sites (N-methyl/N-ethyl adjacent to an activating group) is 1. The minimum atomic E-state index is -1.12. The average molecular weight is 807 g/mol. The van der Waals surface area contributed by atoms with Crippen LogP contribution in [0.4, 0.5) is 0 Å². The van der Waals surface area contributed by atoms with Crippen molar-refractivity contribution in [2.75, 3.05) is 13.6 Å². The number of ether oxygens (including phenoxy) is 2. The molecule has 1 amide bonds. The Labute approximate surface area is 360 Å². The maximum atomic E-state index is 15.4. The molecule has 6 heteroatoms. The summed E-state index contributed by atoms with van der Waals surface area (Å²) in [7, 11) is 1.89. The van der Waals surface area contributed by atoms with Crippen molar-refractivity contribution in [3.8, 4) is 5.75 Å². The van der Waals surface area contributed by atoms with Crippen LogP contribution < -0.4 is 10.1 Å². The highest BCUT2D eigenvalue weighted by atomic mass is 16.5. The van der Waals surface area contributed by atoms with E-state index in [1.807, 2.05) is 170 Å². The Morgan fingerprint density at radius 2 is 0.934 bits per heavy atom. The van der Waals surface area contributed by atoms with Crippen molar-refractivity contribution in [1.29, 1.82) is 0 Å². The summed E-state index contributed by atoms with van der Waals surface area (Å²) < 4.78 is 12.5. The fourth-order valence-electron chi connectivity index (χ4n) is 8.24. The highest BCUT2D eigenvalue weighted by molar-refractivity contribution is 5.86. The van der Waals surface area contributed by atoms with E-state index in [0.717, 1.165) is 44.7 Å². The largest absolute Gasteiger partial charge is 0.489 e. The number of hydrogen-bond acceptors (Lipinski definition) is 5. The van der Waals surface area contributed by atoms with Gasteiger partial charge >= 0.3 is 5.97 Å². The van der Waals surface area contributed by atoms with Crippen LogP contribution in [-0.4, -0.2) is 42.5 Å². The van der Waals surface area contributed by atoms with Gasteiger partial charge < -0.3 is 14.8 Å². The number of esters is 1. The molecular weight excluding hydrogens is 753 g/mol. The minimum Gasteiger partial charge on any atom is -0.489 e. The van der Waals surface area contributed by atoms with Gasteiger partial charge in [-0.05, 0) is 64.5 Å². The maximum absolute atomic E-state index is 15.4. The van der Waals surface area contributed by atoms with Crippen LogP contribution in [0.3, 0.4) is 0 Å². The van der Waals surface area contributed by atoms with Gasteiger partial charge in [0.25, 0.3) is 0 Å². The molecule has 1 N–H and O–H groups in total. The average Bonchev–Trinajstić information content (AvgIpc) is 3.32. The molecule has 7 aromatic rings. The Kier molecular flexibility index (Phi) is 13.9. The van der Waals surface area contributed by atoms with Crippen LogP contribution in [0, 0.1) is 0 Å². The van der Waals surface area contributed by atoms with E-state index in [9.17, 15) is 0 Å². The lowest BCUT2D eigenvalue weighted by Crippen LogP contribution is -2.61.